The molecule has 0 aromatic heterocycles. The number of hydrogen-bond acceptors (Lipinski definition) is 2. The van der Waals surface area contributed by atoms with Gasteiger partial charge in [0.2, 0.25) is 0 Å². The van der Waals surface area contributed by atoms with Crippen molar-refractivity contribution < 1.29 is 4.74 Å². The molecule has 21 heavy (non-hydrogen) atoms. The molecule has 2 N–H and O–H groups in total. The molecule has 0 radical (unpaired) electrons. The molecule has 0 bridgehead atoms. The van der Waals surface area contributed by atoms with Gasteiger partial charge in [0.05, 0.1) is 17.7 Å². The highest BCUT2D eigenvalue weighted by Crippen LogP contribution is 2.37. The Bertz CT molecular complexity index is 666. The second-order valence-corrected chi connectivity index (χ2v) is 7.30. The molecular weight excluding hydrogens is 488 g/mol. The van der Waals surface area contributed by atoms with Crippen LogP contribution >= 0.6 is 61.7 Å². The van der Waals surface area contributed by atoms with Gasteiger partial charge in [0.1, 0.15) is 5.75 Å². The average molecular weight is 501 g/mol. The number of ether oxygens (including phenoxy) is 1. The maximum Gasteiger partial charge on any atom is 0.139 e. The first-order valence-corrected chi connectivity index (χ1v) is 8.89. The summed E-state index contributed by atoms with van der Waals surface area (Å²) < 4.78 is 7.48. The van der Waals surface area contributed by atoms with Gasteiger partial charge in [0.15, 0.2) is 0 Å². The van der Waals surface area contributed by atoms with E-state index >= 15 is 0 Å². The molecule has 0 saturated carbocycles. The van der Waals surface area contributed by atoms with E-state index < -0.39 is 0 Å². The zero-order valence-electron chi connectivity index (χ0n) is 11.2. The van der Waals surface area contributed by atoms with Gasteiger partial charge in [-0.15, -0.1) is 0 Å². The van der Waals surface area contributed by atoms with Gasteiger partial charge in [-0.1, -0.05) is 39.1 Å². The number of rotatable bonds is 4. The molecule has 0 heterocycles. The van der Waals surface area contributed by atoms with Crippen LogP contribution < -0.4 is 10.5 Å². The summed E-state index contributed by atoms with van der Waals surface area (Å²) in [7, 11) is 0. The smallest absolute Gasteiger partial charge is 0.139 e. The minimum Gasteiger partial charge on any atom is -0.492 e. The Labute approximate surface area is 156 Å². The van der Waals surface area contributed by atoms with Gasteiger partial charge < -0.3 is 10.5 Å². The molecule has 6 heteroatoms. The molecule has 0 aliphatic heterocycles. The summed E-state index contributed by atoms with van der Waals surface area (Å²) in [6.07, 6.45) is 0. The molecule has 0 saturated heterocycles. The lowest BCUT2D eigenvalue weighted by atomic mass is 9.99. The fraction of sp³-hybridized carbons (Fsp3) is 0.200. The topological polar surface area (TPSA) is 35.2 Å². The first-order valence-electron chi connectivity index (χ1n) is 6.26. The van der Waals surface area contributed by atoms with Crippen LogP contribution in [0, 0.1) is 3.57 Å². The molecule has 0 fully saturated rings. The van der Waals surface area contributed by atoms with Crippen molar-refractivity contribution in [2.75, 3.05) is 6.61 Å². The summed E-state index contributed by atoms with van der Waals surface area (Å²) >= 11 is 18.3. The first kappa shape index (κ1) is 17.3. The van der Waals surface area contributed by atoms with Crippen LogP contribution in [0.4, 0.5) is 0 Å². The summed E-state index contributed by atoms with van der Waals surface area (Å²) in [6, 6.07) is 9.12. The molecule has 0 spiro atoms. The summed E-state index contributed by atoms with van der Waals surface area (Å²) in [5.41, 5.74) is 8.10. The van der Waals surface area contributed by atoms with E-state index in [2.05, 4.69) is 38.5 Å². The van der Waals surface area contributed by atoms with E-state index in [9.17, 15) is 0 Å². The molecule has 0 amide bonds. The van der Waals surface area contributed by atoms with E-state index in [1.54, 1.807) is 12.1 Å². The molecule has 2 rings (SSSR count). The highest BCUT2D eigenvalue weighted by atomic mass is 127. The summed E-state index contributed by atoms with van der Waals surface area (Å²) in [5, 5.41) is 1.05. The Hall–Kier alpha value is -0.0100. The van der Waals surface area contributed by atoms with Crippen molar-refractivity contribution in [3.8, 4) is 5.75 Å². The minimum absolute atomic E-state index is 0.366. The zero-order valence-corrected chi connectivity index (χ0v) is 16.4. The molecule has 2 nitrogen and oxygen atoms in total. The van der Waals surface area contributed by atoms with E-state index in [1.807, 2.05) is 25.1 Å². The monoisotopic (exact) mass is 499 g/mol. The third-order valence-electron chi connectivity index (χ3n) is 2.98. The van der Waals surface area contributed by atoms with Crippen LogP contribution in [-0.4, -0.2) is 6.61 Å². The number of benzene rings is 2. The van der Waals surface area contributed by atoms with Crippen LogP contribution in [0.25, 0.3) is 0 Å². The lowest BCUT2D eigenvalue weighted by Gasteiger charge is -2.18. The molecule has 2 aromatic rings. The quantitative estimate of drug-likeness (QED) is 0.538. The Morgan fingerprint density at radius 1 is 1.19 bits per heavy atom. The van der Waals surface area contributed by atoms with Crippen LogP contribution in [-0.2, 0) is 0 Å². The van der Waals surface area contributed by atoms with Gasteiger partial charge >= 0.3 is 0 Å². The van der Waals surface area contributed by atoms with Crippen molar-refractivity contribution in [2.45, 2.75) is 13.0 Å². The lowest BCUT2D eigenvalue weighted by Crippen LogP contribution is -2.13. The van der Waals surface area contributed by atoms with Crippen molar-refractivity contribution in [1.82, 2.24) is 0 Å². The van der Waals surface area contributed by atoms with Gasteiger partial charge in [-0.05, 0) is 64.9 Å². The Morgan fingerprint density at radius 3 is 2.57 bits per heavy atom. The third kappa shape index (κ3) is 4.05. The normalized spacial score (nSPS) is 12.3. The second-order valence-electron chi connectivity index (χ2n) is 4.38. The van der Waals surface area contributed by atoms with Gasteiger partial charge in [0.25, 0.3) is 0 Å². The highest BCUT2D eigenvalue weighted by molar-refractivity contribution is 14.1. The van der Waals surface area contributed by atoms with Crippen LogP contribution in [0.15, 0.2) is 34.8 Å². The van der Waals surface area contributed by atoms with Gasteiger partial charge in [-0.2, -0.15) is 0 Å². The largest absolute Gasteiger partial charge is 0.492 e. The van der Waals surface area contributed by atoms with E-state index in [0.717, 1.165) is 19.2 Å². The SMILES string of the molecule is CCOc1cc(Cl)c(C(N)c2cc(I)ccc2Br)cc1Cl. The van der Waals surface area contributed by atoms with Crippen LogP contribution in [0.3, 0.4) is 0 Å². The Kier molecular flexibility index (Phi) is 6.20. The van der Waals surface area contributed by atoms with Crippen LogP contribution in [0.2, 0.25) is 10.0 Å². The lowest BCUT2D eigenvalue weighted by molar-refractivity contribution is 0.340. The van der Waals surface area contributed by atoms with E-state index in [-0.39, 0.29) is 6.04 Å². The van der Waals surface area contributed by atoms with Gasteiger partial charge in [-0.25, -0.2) is 0 Å². The molecule has 0 aliphatic rings. The molecule has 1 unspecified atom stereocenters. The van der Waals surface area contributed by atoms with Crippen molar-refractivity contribution in [2.24, 2.45) is 5.73 Å². The van der Waals surface area contributed by atoms with Gasteiger partial charge in [0, 0.05) is 19.1 Å². The molecule has 0 aliphatic carbocycles. The molecule has 112 valence electrons. The number of halogens is 4. The standard InChI is InChI=1S/C15H13BrCl2INO/c1-2-21-14-7-12(17)10(6-13(14)18)15(20)9-5-8(19)3-4-11(9)16/h3-7,15H,2,20H2,1H3. The summed E-state index contributed by atoms with van der Waals surface area (Å²) in [5.74, 6) is 0.571. The minimum atomic E-state index is -0.366. The van der Waals surface area contributed by atoms with Crippen molar-refractivity contribution in [3.63, 3.8) is 0 Å². The first-order chi connectivity index (χ1) is 9.93. The third-order valence-corrected chi connectivity index (χ3v) is 5.00. The predicted octanol–water partition coefficient (Wildman–Crippen LogP) is 5.81. The number of hydrogen-bond donors (Lipinski definition) is 1. The summed E-state index contributed by atoms with van der Waals surface area (Å²) in [6.45, 7) is 2.43. The van der Waals surface area contributed by atoms with Gasteiger partial charge in [-0.3, -0.25) is 0 Å². The maximum atomic E-state index is 6.36. The van der Waals surface area contributed by atoms with E-state index in [4.69, 9.17) is 33.7 Å². The number of nitrogens with two attached hydrogens (primary N) is 1. The summed E-state index contributed by atoms with van der Waals surface area (Å²) in [4.78, 5) is 0. The molecule has 2 aromatic carbocycles. The predicted molar refractivity (Wildman–Crippen MR) is 101 cm³/mol. The molecular formula is C15H13BrCl2INO. The van der Waals surface area contributed by atoms with Crippen LogP contribution in [0.5, 0.6) is 5.75 Å². The zero-order chi connectivity index (χ0) is 15.6. The molecule has 1 atom stereocenters. The van der Waals surface area contributed by atoms with Crippen LogP contribution in [0.1, 0.15) is 24.1 Å². The Balaban J connectivity index is 2.46. The maximum absolute atomic E-state index is 6.36. The van der Waals surface area contributed by atoms with Crippen molar-refractivity contribution >= 4 is 61.7 Å². The average Bonchev–Trinajstić information content (AvgIpc) is 2.44. The Morgan fingerprint density at radius 2 is 1.90 bits per heavy atom. The van der Waals surface area contributed by atoms with E-state index in [1.165, 1.54) is 0 Å². The van der Waals surface area contributed by atoms with E-state index in [0.29, 0.717) is 22.4 Å². The second kappa shape index (κ2) is 7.51. The van der Waals surface area contributed by atoms with Crippen molar-refractivity contribution in [3.05, 3.63) is 59.5 Å². The fourth-order valence-electron chi connectivity index (χ4n) is 1.97. The highest BCUT2D eigenvalue weighted by Gasteiger charge is 2.18. The fourth-order valence-corrected chi connectivity index (χ4v) is 3.48. The van der Waals surface area contributed by atoms with Crippen molar-refractivity contribution in [1.29, 1.82) is 0 Å².